The number of nitrogens with one attached hydrogen (secondary N) is 3. The molecule has 0 aliphatic carbocycles. The first-order valence-corrected chi connectivity index (χ1v) is 9.63. The minimum Gasteiger partial charge on any atom is -0.318 e. The molecule has 1 aliphatic rings. The molecule has 3 rings (SSSR count). The maximum Gasteiger partial charge on any atom is 0.344 e. The molecule has 7 heteroatoms. The van der Waals surface area contributed by atoms with E-state index in [4.69, 9.17) is 0 Å². The maximum atomic E-state index is 12.8. The molecule has 2 aromatic rings. The van der Waals surface area contributed by atoms with E-state index in [1.807, 2.05) is 36.4 Å². The van der Waals surface area contributed by atoms with Crippen LogP contribution >= 0.6 is 0 Å². The molecule has 0 saturated carbocycles. The van der Waals surface area contributed by atoms with Gasteiger partial charge in [0.05, 0.1) is 6.54 Å². The Labute approximate surface area is 170 Å². The van der Waals surface area contributed by atoms with Crippen LogP contribution in [0.3, 0.4) is 0 Å². The summed E-state index contributed by atoms with van der Waals surface area (Å²) in [7, 11) is 0. The fourth-order valence-corrected chi connectivity index (χ4v) is 3.47. The van der Waals surface area contributed by atoms with Gasteiger partial charge in [-0.2, -0.15) is 5.01 Å². The molecule has 1 saturated heterocycles. The van der Waals surface area contributed by atoms with Crippen molar-refractivity contribution in [1.29, 1.82) is 0 Å². The number of carbonyl (C=O) groups excluding carboxylic acids is 3. The van der Waals surface area contributed by atoms with E-state index in [1.165, 1.54) is 0 Å². The lowest BCUT2D eigenvalue weighted by Crippen LogP contribution is -2.50. The fourth-order valence-electron chi connectivity index (χ4n) is 3.47. The molecule has 0 radical (unpaired) electrons. The van der Waals surface area contributed by atoms with Crippen molar-refractivity contribution in [2.75, 3.05) is 6.54 Å². The molecule has 7 nitrogen and oxygen atoms in total. The first kappa shape index (κ1) is 20.5. The zero-order valence-corrected chi connectivity index (χ0v) is 16.8. The van der Waals surface area contributed by atoms with Crippen LogP contribution in [-0.4, -0.2) is 29.4 Å². The van der Waals surface area contributed by atoms with Crippen molar-refractivity contribution in [3.8, 4) is 0 Å². The van der Waals surface area contributed by atoms with E-state index in [1.54, 1.807) is 31.2 Å². The van der Waals surface area contributed by atoms with Crippen LogP contribution < -0.4 is 16.1 Å². The molecule has 1 heterocycles. The predicted octanol–water partition coefficient (Wildman–Crippen LogP) is 2.47. The van der Waals surface area contributed by atoms with Crippen LogP contribution in [0, 0.1) is 5.92 Å². The smallest absolute Gasteiger partial charge is 0.318 e. The van der Waals surface area contributed by atoms with Crippen molar-refractivity contribution in [1.82, 2.24) is 21.1 Å². The van der Waals surface area contributed by atoms with E-state index < -0.39 is 23.4 Å². The highest BCUT2D eigenvalue weighted by atomic mass is 16.2. The van der Waals surface area contributed by atoms with Gasteiger partial charge in [0, 0.05) is 6.04 Å². The molecule has 4 amide bonds. The van der Waals surface area contributed by atoms with Crippen LogP contribution in [-0.2, 0) is 15.1 Å². The van der Waals surface area contributed by atoms with Gasteiger partial charge in [-0.25, -0.2) is 4.79 Å². The summed E-state index contributed by atoms with van der Waals surface area (Å²) < 4.78 is 0. The molecule has 29 heavy (non-hydrogen) atoms. The number of rotatable bonds is 7. The molecule has 0 spiro atoms. The third kappa shape index (κ3) is 4.30. The molecular formula is C22H26N4O3. The van der Waals surface area contributed by atoms with Gasteiger partial charge >= 0.3 is 6.03 Å². The summed E-state index contributed by atoms with van der Waals surface area (Å²) in [6, 6.07) is 18.1. The Hall–Kier alpha value is -3.19. The van der Waals surface area contributed by atoms with Gasteiger partial charge in [0.15, 0.2) is 0 Å². The molecule has 1 fully saturated rings. The average Bonchev–Trinajstić information content (AvgIpc) is 2.93. The van der Waals surface area contributed by atoms with Crippen LogP contribution in [0.4, 0.5) is 4.79 Å². The number of hydrogen-bond donors (Lipinski definition) is 3. The SMILES string of the molecule is CC(C)[C@H](NCC(=O)NN1C(=O)N[C@@](C)(c2ccccc2)C1=O)c1ccccc1. The Morgan fingerprint density at radius 2 is 1.62 bits per heavy atom. The number of hydrogen-bond acceptors (Lipinski definition) is 4. The highest BCUT2D eigenvalue weighted by Crippen LogP contribution is 2.27. The van der Waals surface area contributed by atoms with Crippen LogP contribution in [0.25, 0.3) is 0 Å². The fraction of sp³-hybridized carbons (Fsp3) is 0.318. The second-order valence-corrected chi connectivity index (χ2v) is 7.61. The van der Waals surface area contributed by atoms with Crippen molar-refractivity contribution in [2.24, 2.45) is 5.92 Å². The quantitative estimate of drug-likeness (QED) is 0.629. The summed E-state index contributed by atoms with van der Waals surface area (Å²) in [5.41, 5.74) is 2.92. The Bertz CT molecular complexity index is 885. The van der Waals surface area contributed by atoms with Gasteiger partial charge in [0.1, 0.15) is 5.54 Å². The van der Waals surface area contributed by atoms with Crippen LogP contribution in [0.15, 0.2) is 60.7 Å². The molecular weight excluding hydrogens is 368 g/mol. The molecule has 0 unspecified atom stereocenters. The number of imide groups is 1. The molecule has 2 aromatic carbocycles. The highest BCUT2D eigenvalue weighted by Gasteiger charge is 2.49. The number of carbonyl (C=O) groups is 3. The van der Waals surface area contributed by atoms with Crippen LogP contribution in [0.1, 0.15) is 37.9 Å². The summed E-state index contributed by atoms with van der Waals surface area (Å²) in [4.78, 5) is 37.6. The number of hydrazine groups is 1. The van der Waals surface area contributed by atoms with E-state index in [-0.39, 0.29) is 18.5 Å². The molecule has 2 atom stereocenters. The minimum atomic E-state index is -1.22. The van der Waals surface area contributed by atoms with Gasteiger partial charge < -0.3 is 10.6 Å². The molecule has 0 aromatic heterocycles. The first-order valence-electron chi connectivity index (χ1n) is 9.63. The zero-order chi connectivity index (χ0) is 21.0. The van der Waals surface area contributed by atoms with E-state index in [0.29, 0.717) is 5.56 Å². The minimum absolute atomic E-state index is 0.0281. The molecule has 1 aliphatic heterocycles. The van der Waals surface area contributed by atoms with Crippen molar-refractivity contribution >= 4 is 17.8 Å². The van der Waals surface area contributed by atoms with Crippen molar-refractivity contribution in [3.63, 3.8) is 0 Å². The Balaban J connectivity index is 1.65. The average molecular weight is 394 g/mol. The van der Waals surface area contributed by atoms with Crippen LogP contribution in [0.5, 0.6) is 0 Å². The summed E-state index contributed by atoms with van der Waals surface area (Å²) in [6.45, 7) is 5.71. The Morgan fingerprint density at radius 1 is 1.03 bits per heavy atom. The van der Waals surface area contributed by atoms with Crippen molar-refractivity contribution in [2.45, 2.75) is 32.4 Å². The van der Waals surface area contributed by atoms with Gasteiger partial charge in [-0.15, -0.1) is 0 Å². The van der Waals surface area contributed by atoms with E-state index >= 15 is 0 Å². The third-order valence-electron chi connectivity index (χ3n) is 5.09. The lowest BCUT2D eigenvalue weighted by atomic mass is 9.92. The van der Waals surface area contributed by atoms with Crippen LogP contribution in [0.2, 0.25) is 0 Å². The summed E-state index contributed by atoms with van der Waals surface area (Å²) in [6.07, 6.45) is 0. The number of urea groups is 1. The first-order chi connectivity index (χ1) is 13.8. The largest absolute Gasteiger partial charge is 0.344 e. The Kier molecular flexibility index (Phi) is 5.98. The number of amides is 4. The zero-order valence-electron chi connectivity index (χ0n) is 16.8. The number of benzene rings is 2. The summed E-state index contributed by atoms with van der Waals surface area (Å²) >= 11 is 0. The topological polar surface area (TPSA) is 90.5 Å². The van der Waals surface area contributed by atoms with Gasteiger partial charge in [-0.05, 0) is 24.0 Å². The van der Waals surface area contributed by atoms with Crippen molar-refractivity contribution < 1.29 is 14.4 Å². The lowest BCUT2D eigenvalue weighted by Gasteiger charge is -2.24. The second kappa shape index (κ2) is 8.45. The normalized spacial score (nSPS) is 19.9. The predicted molar refractivity (Wildman–Crippen MR) is 109 cm³/mol. The van der Waals surface area contributed by atoms with E-state index in [0.717, 1.165) is 10.6 Å². The molecule has 152 valence electrons. The second-order valence-electron chi connectivity index (χ2n) is 7.61. The van der Waals surface area contributed by atoms with E-state index in [2.05, 4.69) is 29.9 Å². The standard InChI is InChI=1S/C22H26N4O3/c1-15(2)19(16-10-6-4-7-11-16)23-14-18(27)25-26-20(28)22(3,24-21(26)29)17-12-8-5-9-13-17/h4-13,15,19,23H,14H2,1-3H3,(H,24,29)(H,25,27)/t19-,22-/m0/s1. The van der Waals surface area contributed by atoms with E-state index in [9.17, 15) is 14.4 Å². The highest BCUT2D eigenvalue weighted by molar-refractivity contribution is 6.08. The van der Waals surface area contributed by atoms with Gasteiger partial charge in [-0.3, -0.25) is 15.0 Å². The van der Waals surface area contributed by atoms with Gasteiger partial charge in [0.25, 0.3) is 11.8 Å². The van der Waals surface area contributed by atoms with Crippen molar-refractivity contribution in [3.05, 3.63) is 71.8 Å². The number of nitrogens with zero attached hydrogens (tertiary/aromatic N) is 1. The maximum absolute atomic E-state index is 12.8. The van der Waals surface area contributed by atoms with Gasteiger partial charge in [-0.1, -0.05) is 74.5 Å². The molecule has 0 bridgehead atoms. The Morgan fingerprint density at radius 3 is 2.21 bits per heavy atom. The summed E-state index contributed by atoms with van der Waals surface area (Å²) in [5.74, 6) is -0.735. The van der Waals surface area contributed by atoms with Gasteiger partial charge in [0.2, 0.25) is 0 Å². The molecule has 3 N–H and O–H groups in total. The monoisotopic (exact) mass is 394 g/mol. The summed E-state index contributed by atoms with van der Waals surface area (Å²) in [5, 5.41) is 6.63. The third-order valence-corrected chi connectivity index (χ3v) is 5.09. The lowest BCUT2D eigenvalue weighted by molar-refractivity contribution is -0.138.